The standard InChI is InChI=1S/C21H25BrN2O3/c1-4-23-20(25)15-5-8-17(9-6-15)24-21(26)18-13-16(22)7-10-19(18)27-12-11-14(2)3/h5-10,13-14H,4,11-12H2,1-3H3,(H,23,25)(H,24,26). The van der Waals surface area contributed by atoms with Crippen molar-refractivity contribution < 1.29 is 14.3 Å². The summed E-state index contributed by atoms with van der Waals surface area (Å²) in [7, 11) is 0. The van der Waals surface area contributed by atoms with Crippen molar-refractivity contribution in [2.24, 2.45) is 5.92 Å². The molecule has 0 aliphatic carbocycles. The van der Waals surface area contributed by atoms with Crippen molar-refractivity contribution in [3.05, 3.63) is 58.1 Å². The van der Waals surface area contributed by atoms with Crippen LogP contribution < -0.4 is 15.4 Å². The van der Waals surface area contributed by atoms with Gasteiger partial charge in [0, 0.05) is 22.3 Å². The fourth-order valence-corrected chi connectivity index (χ4v) is 2.74. The van der Waals surface area contributed by atoms with Gasteiger partial charge in [-0.15, -0.1) is 0 Å². The zero-order valence-corrected chi connectivity index (χ0v) is 17.4. The molecule has 2 aromatic carbocycles. The second kappa shape index (κ2) is 10.1. The highest BCUT2D eigenvalue weighted by Crippen LogP contribution is 2.25. The normalized spacial score (nSPS) is 10.6. The second-order valence-electron chi connectivity index (χ2n) is 6.56. The zero-order valence-electron chi connectivity index (χ0n) is 15.8. The minimum Gasteiger partial charge on any atom is -0.493 e. The Morgan fingerprint density at radius 3 is 2.41 bits per heavy atom. The lowest BCUT2D eigenvalue weighted by Gasteiger charge is -2.13. The van der Waals surface area contributed by atoms with Crippen LogP contribution in [0.4, 0.5) is 5.69 Å². The number of anilines is 1. The lowest BCUT2D eigenvalue weighted by molar-refractivity contribution is 0.0955. The molecule has 0 aliphatic rings. The van der Waals surface area contributed by atoms with E-state index in [0.29, 0.717) is 41.6 Å². The van der Waals surface area contributed by atoms with E-state index >= 15 is 0 Å². The number of carbonyl (C=O) groups is 2. The molecule has 6 heteroatoms. The maximum absolute atomic E-state index is 12.7. The first kappa shape index (κ1) is 21.0. The molecule has 2 amide bonds. The van der Waals surface area contributed by atoms with Gasteiger partial charge >= 0.3 is 0 Å². The summed E-state index contributed by atoms with van der Waals surface area (Å²) in [6.45, 7) is 7.25. The number of carbonyl (C=O) groups excluding carboxylic acids is 2. The summed E-state index contributed by atoms with van der Waals surface area (Å²) in [5.74, 6) is 0.682. The van der Waals surface area contributed by atoms with Gasteiger partial charge in [-0.25, -0.2) is 0 Å². The summed E-state index contributed by atoms with van der Waals surface area (Å²) in [6, 6.07) is 12.2. The van der Waals surface area contributed by atoms with E-state index in [1.54, 1.807) is 36.4 Å². The van der Waals surface area contributed by atoms with E-state index in [-0.39, 0.29) is 11.8 Å². The third-order valence-corrected chi connectivity index (χ3v) is 4.37. The average Bonchev–Trinajstić information content (AvgIpc) is 2.63. The van der Waals surface area contributed by atoms with Crippen molar-refractivity contribution in [2.45, 2.75) is 27.2 Å². The van der Waals surface area contributed by atoms with Crippen LogP contribution in [0, 0.1) is 5.92 Å². The molecule has 0 saturated heterocycles. The lowest BCUT2D eigenvalue weighted by Crippen LogP contribution is -2.22. The number of ether oxygens (including phenoxy) is 1. The van der Waals surface area contributed by atoms with Gasteiger partial charge in [0.25, 0.3) is 11.8 Å². The molecule has 0 unspecified atom stereocenters. The molecule has 0 fully saturated rings. The molecule has 0 heterocycles. The number of halogens is 1. The average molecular weight is 433 g/mol. The minimum atomic E-state index is -0.262. The van der Waals surface area contributed by atoms with E-state index in [2.05, 4.69) is 40.4 Å². The number of amides is 2. The van der Waals surface area contributed by atoms with Crippen molar-refractivity contribution in [1.29, 1.82) is 0 Å². The molecule has 2 aromatic rings. The minimum absolute atomic E-state index is 0.136. The Bertz CT molecular complexity index is 789. The predicted octanol–water partition coefficient (Wildman–Crippen LogP) is 4.88. The van der Waals surface area contributed by atoms with E-state index < -0.39 is 0 Å². The van der Waals surface area contributed by atoms with Crippen molar-refractivity contribution >= 4 is 33.4 Å². The van der Waals surface area contributed by atoms with Crippen LogP contribution in [0.5, 0.6) is 5.75 Å². The number of hydrogen-bond donors (Lipinski definition) is 2. The third kappa shape index (κ3) is 6.40. The van der Waals surface area contributed by atoms with Gasteiger partial charge < -0.3 is 15.4 Å². The highest BCUT2D eigenvalue weighted by atomic mass is 79.9. The second-order valence-corrected chi connectivity index (χ2v) is 7.48. The van der Waals surface area contributed by atoms with E-state index in [1.165, 1.54) is 0 Å². The van der Waals surface area contributed by atoms with Gasteiger partial charge in [0.05, 0.1) is 12.2 Å². The Balaban J connectivity index is 2.10. The van der Waals surface area contributed by atoms with E-state index in [9.17, 15) is 9.59 Å². The highest BCUT2D eigenvalue weighted by Gasteiger charge is 2.14. The Labute approximate surface area is 168 Å². The number of hydrogen-bond acceptors (Lipinski definition) is 3. The summed E-state index contributed by atoms with van der Waals surface area (Å²) in [4.78, 5) is 24.5. The first-order valence-electron chi connectivity index (χ1n) is 9.02. The molecule has 0 bridgehead atoms. The van der Waals surface area contributed by atoms with Crippen LogP contribution in [0.2, 0.25) is 0 Å². The molecular formula is C21H25BrN2O3. The molecule has 0 radical (unpaired) electrons. The van der Waals surface area contributed by atoms with Crippen LogP contribution in [-0.2, 0) is 0 Å². The van der Waals surface area contributed by atoms with E-state index in [1.807, 2.05) is 13.0 Å². The van der Waals surface area contributed by atoms with Crippen LogP contribution in [0.25, 0.3) is 0 Å². The van der Waals surface area contributed by atoms with Crippen molar-refractivity contribution in [2.75, 3.05) is 18.5 Å². The maximum Gasteiger partial charge on any atom is 0.259 e. The van der Waals surface area contributed by atoms with E-state index in [4.69, 9.17) is 4.74 Å². The van der Waals surface area contributed by atoms with Crippen LogP contribution in [0.3, 0.4) is 0 Å². The fraction of sp³-hybridized carbons (Fsp3) is 0.333. The maximum atomic E-state index is 12.7. The molecule has 0 spiro atoms. The smallest absolute Gasteiger partial charge is 0.259 e. The Kier molecular flexibility index (Phi) is 7.85. The highest BCUT2D eigenvalue weighted by molar-refractivity contribution is 9.10. The third-order valence-electron chi connectivity index (χ3n) is 3.88. The molecule has 2 N–H and O–H groups in total. The molecular weight excluding hydrogens is 408 g/mol. The first-order chi connectivity index (χ1) is 12.9. The van der Waals surface area contributed by atoms with Crippen LogP contribution in [0.15, 0.2) is 46.9 Å². The number of rotatable bonds is 8. The molecule has 27 heavy (non-hydrogen) atoms. The molecule has 0 atom stereocenters. The summed E-state index contributed by atoms with van der Waals surface area (Å²) in [5, 5.41) is 5.59. The quantitative estimate of drug-likeness (QED) is 0.624. The van der Waals surface area contributed by atoms with Crippen LogP contribution in [0.1, 0.15) is 47.9 Å². The summed E-state index contributed by atoms with van der Waals surface area (Å²) >= 11 is 3.40. The molecule has 2 rings (SSSR count). The van der Waals surface area contributed by atoms with Gasteiger partial charge in [0.1, 0.15) is 5.75 Å². The van der Waals surface area contributed by atoms with Gasteiger partial charge in [-0.1, -0.05) is 29.8 Å². The fourth-order valence-electron chi connectivity index (χ4n) is 2.38. The molecule has 0 saturated carbocycles. The zero-order chi connectivity index (χ0) is 19.8. The largest absolute Gasteiger partial charge is 0.493 e. The monoisotopic (exact) mass is 432 g/mol. The van der Waals surface area contributed by atoms with Gasteiger partial charge in [0.2, 0.25) is 0 Å². The summed E-state index contributed by atoms with van der Waals surface area (Å²) in [6.07, 6.45) is 0.915. The van der Waals surface area contributed by atoms with Gasteiger partial charge in [-0.05, 0) is 61.7 Å². The molecule has 0 aromatic heterocycles. The Morgan fingerprint density at radius 2 is 1.78 bits per heavy atom. The predicted molar refractivity (Wildman–Crippen MR) is 111 cm³/mol. The van der Waals surface area contributed by atoms with Gasteiger partial charge in [0.15, 0.2) is 0 Å². The number of benzene rings is 2. The summed E-state index contributed by atoms with van der Waals surface area (Å²) < 4.78 is 6.61. The van der Waals surface area contributed by atoms with Crippen molar-refractivity contribution in [1.82, 2.24) is 5.32 Å². The lowest BCUT2D eigenvalue weighted by atomic mass is 10.1. The Hall–Kier alpha value is -2.34. The topological polar surface area (TPSA) is 67.4 Å². The van der Waals surface area contributed by atoms with E-state index in [0.717, 1.165) is 10.9 Å². The van der Waals surface area contributed by atoms with Crippen LogP contribution >= 0.6 is 15.9 Å². The molecule has 0 aliphatic heterocycles. The van der Waals surface area contributed by atoms with Crippen molar-refractivity contribution in [3.8, 4) is 5.75 Å². The number of nitrogens with one attached hydrogen (secondary N) is 2. The Morgan fingerprint density at radius 1 is 1.07 bits per heavy atom. The van der Waals surface area contributed by atoms with Crippen LogP contribution in [-0.4, -0.2) is 25.0 Å². The first-order valence-corrected chi connectivity index (χ1v) is 9.82. The van der Waals surface area contributed by atoms with Gasteiger partial charge in [-0.3, -0.25) is 9.59 Å². The van der Waals surface area contributed by atoms with Gasteiger partial charge in [-0.2, -0.15) is 0 Å². The SMILES string of the molecule is CCNC(=O)c1ccc(NC(=O)c2cc(Br)ccc2OCCC(C)C)cc1. The van der Waals surface area contributed by atoms with Crippen molar-refractivity contribution in [3.63, 3.8) is 0 Å². The summed E-state index contributed by atoms with van der Waals surface area (Å²) in [5.41, 5.74) is 1.62. The molecule has 5 nitrogen and oxygen atoms in total. The molecule has 144 valence electrons.